The van der Waals surface area contributed by atoms with E-state index in [1.807, 2.05) is 0 Å². The molecule has 1 fully saturated rings. The average molecular weight is 261 g/mol. The third kappa shape index (κ3) is 4.05. The van der Waals surface area contributed by atoms with E-state index in [1.165, 1.54) is 31.2 Å². The SMILES string of the molecule is CCC1OCCC1C(CCCc1ccccc1)NC. The first-order valence-corrected chi connectivity index (χ1v) is 7.68. The van der Waals surface area contributed by atoms with Crippen LogP contribution in [0.2, 0.25) is 0 Å². The molecular weight excluding hydrogens is 234 g/mol. The number of hydrogen-bond donors (Lipinski definition) is 1. The second-order valence-corrected chi connectivity index (χ2v) is 5.54. The average Bonchev–Trinajstić information content (AvgIpc) is 2.93. The fourth-order valence-electron chi connectivity index (χ4n) is 3.29. The lowest BCUT2D eigenvalue weighted by Crippen LogP contribution is -2.37. The lowest BCUT2D eigenvalue weighted by atomic mass is 9.88. The predicted molar refractivity (Wildman–Crippen MR) is 80.4 cm³/mol. The van der Waals surface area contributed by atoms with Gasteiger partial charge in [-0.1, -0.05) is 37.3 Å². The molecule has 2 nitrogen and oxygen atoms in total. The Kier molecular flexibility index (Phi) is 5.87. The van der Waals surface area contributed by atoms with Crippen molar-refractivity contribution in [3.8, 4) is 0 Å². The lowest BCUT2D eigenvalue weighted by molar-refractivity contribution is 0.0771. The summed E-state index contributed by atoms with van der Waals surface area (Å²) in [5, 5.41) is 3.51. The molecule has 2 rings (SSSR count). The Morgan fingerprint density at radius 1 is 1.32 bits per heavy atom. The van der Waals surface area contributed by atoms with Crippen molar-refractivity contribution in [1.29, 1.82) is 0 Å². The zero-order valence-electron chi connectivity index (χ0n) is 12.3. The number of ether oxygens (including phenoxy) is 1. The number of benzene rings is 1. The maximum Gasteiger partial charge on any atom is 0.0616 e. The van der Waals surface area contributed by atoms with Gasteiger partial charge in [0.1, 0.15) is 0 Å². The van der Waals surface area contributed by atoms with Crippen molar-refractivity contribution < 1.29 is 4.74 Å². The predicted octanol–water partition coefficient (Wildman–Crippen LogP) is 3.41. The van der Waals surface area contributed by atoms with E-state index in [4.69, 9.17) is 4.74 Å². The highest BCUT2D eigenvalue weighted by atomic mass is 16.5. The van der Waals surface area contributed by atoms with Gasteiger partial charge in [-0.3, -0.25) is 0 Å². The molecule has 0 amide bonds. The van der Waals surface area contributed by atoms with Gasteiger partial charge >= 0.3 is 0 Å². The Morgan fingerprint density at radius 2 is 2.11 bits per heavy atom. The smallest absolute Gasteiger partial charge is 0.0616 e. The van der Waals surface area contributed by atoms with Crippen LogP contribution in [0.4, 0.5) is 0 Å². The molecule has 1 aromatic carbocycles. The van der Waals surface area contributed by atoms with Crippen LogP contribution in [0.15, 0.2) is 30.3 Å². The first-order valence-electron chi connectivity index (χ1n) is 7.68. The molecule has 0 bridgehead atoms. The largest absolute Gasteiger partial charge is 0.378 e. The number of hydrogen-bond acceptors (Lipinski definition) is 2. The van der Waals surface area contributed by atoms with Crippen molar-refractivity contribution in [1.82, 2.24) is 5.32 Å². The Morgan fingerprint density at radius 3 is 2.79 bits per heavy atom. The molecule has 0 aliphatic carbocycles. The molecule has 0 saturated carbocycles. The minimum absolute atomic E-state index is 0.467. The van der Waals surface area contributed by atoms with Crippen molar-refractivity contribution >= 4 is 0 Å². The molecule has 19 heavy (non-hydrogen) atoms. The monoisotopic (exact) mass is 261 g/mol. The highest BCUT2D eigenvalue weighted by Crippen LogP contribution is 2.28. The summed E-state index contributed by atoms with van der Waals surface area (Å²) in [5.74, 6) is 0.700. The molecule has 1 N–H and O–H groups in total. The van der Waals surface area contributed by atoms with Crippen molar-refractivity contribution in [3.63, 3.8) is 0 Å². The lowest BCUT2D eigenvalue weighted by Gasteiger charge is -2.26. The number of aryl methyl sites for hydroxylation is 1. The topological polar surface area (TPSA) is 21.3 Å². The summed E-state index contributed by atoms with van der Waals surface area (Å²) in [4.78, 5) is 0. The summed E-state index contributed by atoms with van der Waals surface area (Å²) in [7, 11) is 2.10. The van der Waals surface area contributed by atoms with Gasteiger partial charge in [0.05, 0.1) is 6.10 Å². The van der Waals surface area contributed by atoms with E-state index in [1.54, 1.807) is 0 Å². The quantitative estimate of drug-likeness (QED) is 0.812. The zero-order valence-corrected chi connectivity index (χ0v) is 12.3. The van der Waals surface area contributed by atoms with Gasteiger partial charge in [-0.2, -0.15) is 0 Å². The minimum atomic E-state index is 0.467. The van der Waals surface area contributed by atoms with Crippen LogP contribution in [-0.2, 0) is 11.2 Å². The first kappa shape index (κ1) is 14.5. The molecule has 1 aromatic rings. The third-order valence-corrected chi connectivity index (χ3v) is 4.37. The number of rotatable bonds is 7. The standard InChI is InChI=1S/C17H27NO/c1-3-17-15(12-13-19-17)16(18-2)11-7-10-14-8-5-4-6-9-14/h4-6,8-9,15-18H,3,7,10-13H2,1-2H3. The Bertz CT molecular complexity index is 352. The molecule has 106 valence electrons. The van der Waals surface area contributed by atoms with Crippen molar-refractivity contribution in [3.05, 3.63) is 35.9 Å². The minimum Gasteiger partial charge on any atom is -0.378 e. The van der Waals surface area contributed by atoms with E-state index < -0.39 is 0 Å². The molecule has 1 aliphatic heterocycles. The Labute approximate surface area is 117 Å². The highest BCUT2D eigenvalue weighted by molar-refractivity contribution is 5.14. The second-order valence-electron chi connectivity index (χ2n) is 5.54. The van der Waals surface area contributed by atoms with E-state index in [2.05, 4.69) is 49.6 Å². The molecule has 0 aromatic heterocycles. The van der Waals surface area contributed by atoms with Crippen molar-refractivity contribution in [2.24, 2.45) is 5.92 Å². The van der Waals surface area contributed by atoms with E-state index in [9.17, 15) is 0 Å². The second kappa shape index (κ2) is 7.66. The number of nitrogens with one attached hydrogen (secondary N) is 1. The van der Waals surface area contributed by atoms with Gasteiger partial charge in [0.15, 0.2) is 0 Å². The zero-order chi connectivity index (χ0) is 13.5. The summed E-state index contributed by atoms with van der Waals surface area (Å²) in [6.45, 7) is 3.18. The molecule has 3 atom stereocenters. The van der Waals surface area contributed by atoms with Gasteiger partial charge in [0, 0.05) is 18.6 Å². The van der Waals surface area contributed by atoms with Crippen LogP contribution in [0.25, 0.3) is 0 Å². The van der Waals surface area contributed by atoms with Crippen LogP contribution in [0, 0.1) is 5.92 Å². The highest BCUT2D eigenvalue weighted by Gasteiger charge is 2.32. The van der Waals surface area contributed by atoms with Crippen molar-refractivity contribution in [2.45, 2.75) is 51.2 Å². The van der Waals surface area contributed by atoms with E-state index in [0.717, 1.165) is 13.0 Å². The summed E-state index contributed by atoms with van der Waals surface area (Å²) in [6, 6.07) is 11.4. The van der Waals surface area contributed by atoms with Gasteiger partial charge in [0.25, 0.3) is 0 Å². The van der Waals surface area contributed by atoms with Crippen LogP contribution in [0.1, 0.15) is 38.2 Å². The third-order valence-electron chi connectivity index (χ3n) is 4.37. The van der Waals surface area contributed by atoms with E-state index in [0.29, 0.717) is 18.1 Å². The van der Waals surface area contributed by atoms with Gasteiger partial charge in [-0.25, -0.2) is 0 Å². The molecule has 0 radical (unpaired) electrons. The molecule has 3 unspecified atom stereocenters. The fraction of sp³-hybridized carbons (Fsp3) is 0.647. The van der Waals surface area contributed by atoms with Crippen molar-refractivity contribution in [2.75, 3.05) is 13.7 Å². The summed E-state index contributed by atoms with van der Waals surface area (Å²) < 4.78 is 5.82. The van der Waals surface area contributed by atoms with Gasteiger partial charge in [-0.15, -0.1) is 0 Å². The fourth-order valence-corrected chi connectivity index (χ4v) is 3.29. The summed E-state index contributed by atoms with van der Waals surface area (Å²) in [6.07, 6.45) is 6.51. The normalized spacial score (nSPS) is 24.5. The summed E-state index contributed by atoms with van der Waals surface area (Å²) in [5.41, 5.74) is 1.45. The Hall–Kier alpha value is -0.860. The molecule has 0 spiro atoms. The maximum absolute atomic E-state index is 5.82. The van der Waals surface area contributed by atoms with Gasteiger partial charge in [0.2, 0.25) is 0 Å². The van der Waals surface area contributed by atoms with Crippen LogP contribution in [-0.4, -0.2) is 25.8 Å². The van der Waals surface area contributed by atoms with Gasteiger partial charge < -0.3 is 10.1 Å². The van der Waals surface area contributed by atoms with Crippen LogP contribution < -0.4 is 5.32 Å². The molecular formula is C17H27NO. The molecule has 1 aliphatic rings. The van der Waals surface area contributed by atoms with E-state index in [-0.39, 0.29) is 0 Å². The van der Waals surface area contributed by atoms with Crippen LogP contribution in [0.3, 0.4) is 0 Å². The maximum atomic E-state index is 5.82. The molecule has 2 heteroatoms. The van der Waals surface area contributed by atoms with Crippen LogP contribution >= 0.6 is 0 Å². The molecule has 1 saturated heterocycles. The first-order chi connectivity index (χ1) is 9.35. The molecule has 1 heterocycles. The van der Waals surface area contributed by atoms with Gasteiger partial charge in [-0.05, 0) is 44.7 Å². The Balaban J connectivity index is 1.79. The summed E-state index contributed by atoms with van der Waals surface area (Å²) >= 11 is 0. The van der Waals surface area contributed by atoms with E-state index >= 15 is 0 Å². The van der Waals surface area contributed by atoms with Crippen LogP contribution in [0.5, 0.6) is 0 Å².